The summed E-state index contributed by atoms with van der Waals surface area (Å²) in [5, 5.41) is 12.3. The predicted molar refractivity (Wildman–Crippen MR) is 54.9 cm³/mol. The van der Waals surface area contributed by atoms with E-state index in [2.05, 4.69) is 12.2 Å². The number of carboxylic acid groups (broad SMARTS) is 1. The number of carbonyl (C=O) groups is 1. The molecule has 0 aliphatic carbocycles. The lowest BCUT2D eigenvalue weighted by molar-refractivity contribution is -0.139. The molecule has 2 atom stereocenters. The maximum Gasteiger partial charge on any atom is 0.320 e. The minimum absolute atomic E-state index is 0.317. The van der Waals surface area contributed by atoms with Gasteiger partial charge in [0.1, 0.15) is 6.04 Å². The Morgan fingerprint density at radius 2 is 2.46 bits per heavy atom. The Balaban J connectivity index is 2.29. The molecule has 1 heterocycles. The summed E-state index contributed by atoms with van der Waals surface area (Å²) in [6.07, 6.45) is 4.20. The Kier molecular flexibility index (Phi) is 4.59. The van der Waals surface area contributed by atoms with E-state index < -0.39 is 5.97 Å². The van der Waals surface area contributed by atoms with Gasteiger partial charge in [-0.05, 0) is 18.6 Å². The van der Waals surface area contributed by atoms with Gasteiger partial charge in [0, 0.05) is 0 Å². The zero-order valence-electron chi connectivity index (χ0n) is 7.95. The van der Waals surface area contributed by atoms with E-state index in [-0.39, 0.29) is 6.04 Å². The van der Waals surface area contributed by atoms with E-state index in [0.29, 0.717) is 5.37 Å². The number of aliphatic carboxylic acids is 1. The molecule has 0 amide bonds. The van der Waals surface area contributed by atoms with Crippen LogP contribution in [0.4, 0.5) is 0 Å². The summed E-state index contributed by atoms with van der Waals surface area (Å²) in [6.45, 7) is 2.15. The average Bonchev–Trinajstić information content (AvgIpc) is 2.15. The summed E-state index contributed by atoms with van der Waals surface area (Å²) < 4.78 is 0. The maximum absolute atomic E-state index is 10.7. The summed E-state index contributed by atoms with van der Waals surface area (Å²) in [7, 11) is 0. The summed E-state index contributed by atoms with van der Waals surface area (Å²) >= 11 is 1.85. The Morgan fingerprint density at radius 1 is 1.69 bits per heavy atom. The first kappa shape index (κ1) is 10.9. The van der Waals surface area contributed by atoms with Gasteiger partial charge >= 0.3 is 5.97 Å². The molecule has 4 heteroatoms. The number of hydrogen-bond donors (Lipinski definition) is 2. The number of rotatable bonds is 4. The molecular formula is C9H17NO2S. The smallest absolute Gasteiger partial charge is 0.320 e. The van der Waals surface area contributed by atoms with Gasteiger partial charge < -0.3 is 5.11 Å². The molecule has 1 fully saturated rings. The SMILES string of the molecule is CCCCC1NC(C(=O)O)CCS1. The fourth-order valence-corrected chi connectivity index (χ4v) is 2.69. The minimum Gasteiger partial charge on any atom is -0.480 e. The third-order valence-corrected chi connectivity index (χ3v) is 3.48. The van der Waals surface area contributed by atoms with Crippen LogP contribution in [0.15, 0.2) is 0 Å². The van der Waals surface area contributed by atoms with Crippen molar-refractivity contribution in [2.75, 3.05) is 5.75 Å². The molecule has 0 aromatic carbocycles. The average molecular weight is 203 g/mol. The van der Waals surface area contributed by atoms with Crippen LogP contribution in [-0.2, 0) is 4.79 Å². The molecule has 1 saturated heterocycles. The van der Waals surface area contributed by atoms with Gasteiger partial charge in [0.15, 0.2) is 0 Å². The Hall–Kier alpha value is -0.220. The van der Waals surface area contributed by atoms with Crippen LogP contribution in [-0.4, -0.2) is 28.2 Å². The van der Waals surface area contributed by atoms with Crippen molar-refractivity contribution < 1.29 is 9.90 Å². The molecule has 0 radical (unpaired) electrons. The molecule has 0 aromatic rings. The number of nitrogens with one attached hydrogen (secondary N) is 1. The molecular weight excluding hydrogens is 186 g/mol. The first-order valence-corrected chi connectivity index (χ1v) is 5.89. The van der Waals surface area contributed by atoms with Crippen LogP contribution in [0.5, 0.6) is 0 Å². The van der Waals surface area contributed by atoms with Crippen LogP contribution in [0.2, 0.25) is 0 Å². The number of thioether (sulfide) groups is 1. The van der Waals surface area contributed by atoms with E-state index in [1.165, 1.54) is 12.8 Å². The van der Waals surface area contributed by atoms with E-state index >= 15 is 0 Å². The molecule has 13 heavy (non-hydrogen) atoms. The Morgan fingerprint density at radius 3 is 3.08 bits per heavy atom. The van der Waals surface area contributed by atoms with Gasteiger partial charge in [0.25, 0.3) is 0 Å². The van der Waals surface area contributed by atoms with Crippen LogP contribution in [0, 0.1) is 0 Å². The zero-order valence-corrected chi connectivity index (χ0v) is 8.77. The summed E-state index contributed by atoms with van der Waals surface area (Å²) in [4.78, 5) is 10.7. The van der Waals surface area contributed by atoms with Crippen molar-refractivity contribution in [3.05, 3.63) is 0 Å². The third-order valence-electron chi connectivity index (χ3n) is 2.23. The second kappa shape index (κ2) is 5.50. The van der Waals surface area contributed by atoms with Crippen molar-refractivity contribution in [3.63, 3.8) is 0 Å². The topological polar surface area (TPSA) is 49.3 Å². The highest BCUT2D eigenvalue weighted by Gasteiger charge is 2.25. The highest BCUT2D eigenvalue weighted by atomic mass is 32.2. The first-order valence-electron chi connectivity index (χ1n) is 4.84. The van der Waals surface area contributed by atoms with E-state index in [0.717, 1.165) is 18.6 Å². The van der Waals surface area contributed by atoms with Gasteiger partial charge in [-0.3, -0.25) is 10.1 Å². The lowest BCUT2D eigenvalue weighted by Crippen LogP contribution is -2.45. The Bertz CT molecular complexity index is 175. The molecule has 3 nitrogen and oxygen atoms in total. The van der Waals surface area contributed by atoms with Gasteiger partial charge in [-0.1, -0.05) is 19.8 Å². The van der Waals surface area contributed by atoms with Crippen molar-refractivity contribution in [1.29, 1.82) is 0 Å². The normalized spacial score (nSPS) is 28.7. The van der Waals surface area contributed by atoms with E-state index in [1.54, 1.807) is 0 Å². The van der Waals surface area contributed by atoms with Crippen molar-refractivity contribution in [2.24, 2.45) is 0 Å². The van der Waals surface area contributed by atoms with Gasteiger partial charge in [-0.15, -0.1) is 11.8 Å². The quantitative estimate of drug-likeness (QED) is 0.730. The molecule has 2 unspecified atom stereocenters. The Labute approximate surface area is 83.3 Å². The van der Waals surface area contributed by atoms with Crippen LogP contribution in [0.1, 0.15) is 32.6 Å². The highest BCUT2D eigenvalue weighted by molar-refractivity contribution is 7.99. The number of carboxylic acids is 1. The zero-order chi connectivity index (χ0) is 9.68. The van der Waals surface area contributed by atoms with Crippen molar-refractivity contribution in [3.8, 4) is 0 Å². The number of unbranched alkanes of at least 4 members (excludes halogenated alkanes) is 1. The predicted octanol–water partition coefficient (Wildman–Crippen LogP) is 1.68. The molecule has 0 spiro atoms. The highest BCUT2D eigenvalue weighted by Crippen LogP contribution is 2.22. The minimum atomic E-state index is -0.707. The van der Waals surface area contributed by atoms with E-state index in [1.807, 2.05) is 11.8 Å². The monoisotopic (exact) mass is 203 g/mol. The van der Waals surface area contributed by atoms with Crippen LogP contribution in [0.3, 0.4) is 0 Å². The molecule has 1 rings (SSSR count). The van der Waals surface area contributed by atoms with Crippen LogP contribution >= 0.6 is 11.8 Å². The van der Waals surface area contributed by atoms with Crippen molar-refractivity contribution in [2.45, 2.75) is 44.0 Å². The largest absolute Gasteiger partial charge is 0.480 e. The second-order valence-electron chi connectivity index (χ2n) is 3.35. The molecule has 0 saturated carbocycles. The lowest BCUT2D eigenvalue weighted by atomic mass is 10.2. The summed E-state index contributed by atoms with van der Waals surface area (Å²) in [6, 6.07) is -0.317. The van der Waals surface area contributed by atoms with Gasteiger partial charge in [0.2, 0.25) is 0 Å². The molecule has 76 valence electrons. The fourth-order valence-electron chi connectivity index (χ4n) is 1.43. The molecule has 0 bridgehead atoms. The van der Waals surface area contributed by atoms with Gasteiger partial charge in [-0.25, -0.2) is 0 Å². The molecule has 1 aliphatic heterocycles. The van der Waals surface area contributed by atoms with Gasteiger partial charge in [0.05, 0.1) is 5.37 Å². The first-order chi connectivity index (χ1) is 6.24. The van der Waals surface area contributed by atoms with Crippen LogP contribution < -0.4 is 5.32 Å². The van der Waals surface area contributed by atoms with E-state index in [9.17, 15) is 4.79 Å². The number of hydrogen-bond acceptors (Lipinski definition) is 3. The molecule has 1 aliphatic rings. The maximum atomic E-state index is 10.7. The standard InChI is InChI=1S/C9H17NO2S/c1-2-3-4-8-10-7(9(11)12)5-6-13-8/h7-8,10H,2-6H2,1H3,(H,11,12). The molecule has 0 aromatic heterocycles. The van der Waals surface area contributed by atoms with Crippen molar-refractivity contribution in [1.82, 2.24) is 5.32 Å². The van der Waals surface area contributed by atoms with Gasteiger partial charge in [-0.2, -0.15) is 0 Å². The van der Waals surface area contributed by atoms with E-state index in [4.69, 9.17) is 5.11 Å². The second-order valence-corrected chi connectivity index (χ2v) is 4.66. The summed E-state index contributed by atoms with van der Waals surface area (Å²) in [5.41, 5.74) is 0. The van der Waals surface area contributed by atoms with Crippen molar-refractivity contribution >= 4 is 17.7 Å². The lowest BCUT2D eigenvalue weighted by Gasteiger charge is -2.27. The third kappa shape index (κ3) is 3.56. The van der Waals surface area contributed by atoms with Crippen LogP contribution in [0.25, 0.3) is 0 Å². The molecule has 2 N–H and O–H groups in total. The summed E-state index contributed by atoms with van der Waals surface area (Å²) in [5.74, 6) is 0.264. The fraction of sp³-hybridized carbons (Fsp3) is 0.889.